The van der Waals surface area contributed by atoms with Crippen molar-refractivity contribution in [1.82, 2.24) is 0 Å². The summed E-state index contributed by atoms with van der Waals surface area (Å²) in [5.74, 6) is -0.953. The lowest BCUT2D eigenvalue weighted by molar-refractivity contribution is 0.0696. The predicted octanol–water partition coefficient (Wildman–Crippen LogP) is 4.16. The van der Waals surface area contributed by atoms with Gasteiger partial charge in [0.05, 0.1) is 5.56 Å². The van der Waals surface area contributed by atoms with Gasteiger partial charge in [-0.2, -0.15) is 0 Å². The van der Waals surface area contributed by atoms with Crippen LogP contribution in [0.1, 0.15) is 44.0 Å². The second kappa shape index (κ2) is 8.15. The van der Waals surface area contributed by atoms with Crippen molar-refractivity contribution in [2.75, 3.05) is 6.61 Å². The number of carboxylic acids is 1. The van der Waals surface area contributed by atoms with E-state index in [4.69, 9.17) is 9.84 Å². The summed E-state index contributed by atoms with van der Waals surface area (Å²) in [7, 11) is 0. The van der Waals surface area contributed by atoms with Gasteiger partial charge in [0, 0.05) is 0 Å². The third kappa shape index (κ3) is 6.17. The van der Waals surface area contributed by atoms with E-state index in [9.17, 15) is 9.90 Å². The lowest BCUT2D eigenvalue weighted by Crippen LogP contribution is -1.98. The van der Waals surface area contributed by atoms with Crippen LogP contribution < -0.4 is 4.74 Å². The Kier molecular flexibility index (Phi) is 6.53. The number of phenols is 1. The number of hydrogen-bond donors (Lipinski definition) is 2. The van der Waals surface area contributed by atoms with Gasteiger partial charge < -0.3 is 14.9 Å². The lowest BCUT2D eigenvalue weighted by atomic mass is 10.1. The Bertz CT molecular complexity index is 552. The van der Waals surface area contributed by atoms with Crippen LogP contribution in [-0.4, -0.2) is 22.8 Å². The lowest BCUT2D eigenvalue weighted by Gasteiger charge is -2.07. The third-order valence-electron chi connectivity index (χ3n) is 2.97. The molecule has 1 rings (SSSR count). The molecule has 0 spiro atoms. The van der Waals surface area contributed by atoms with Gasteiger partial charge in [0.15, 0.2) is 11.5 Å². The van der Waals surface area contributed by atoms with E-state index in [2.05, 4.69) is 19.9 Å². The highest BCUT2D eigenvalue weighted by molar-refractivity contribution is 5.88. The van der Waals surface area contributed by atoms with Gasteiger partial charge in [0.1, 0.15) is 6.61 Å². The number of rotatable bonds is 7. The van der Waals surface area contributed by atoms with Crippen molar-refractivity contribution in [3.05, 3.63) is 47.1 Å². The van der Waals surface area contributed by atoms with E-state index in [-0.39, 0.29) is 17.1 Å². The largest absolute Gasteiger partial charge is 0.504 e. The summed E-state index contributed by atoms with van der Waals surface area (Å²) >= 11 is 0. The van der Waals surface area contributed by atoms with Crippen molar-refractivity contribution in [2.24, 2.45) is 0 Å². The van der Waals surface area contributed by atoms with E-state index in [1.807, 2.05) is 13.0 Å². The van der Waals surface area contributed by atoms with Crippen molar-refractivity contribution in [3.63, 3.8) is 0 Å². The molecule has 4 heteroatoms. The van der Waals surface area contributed by atoms with Gasteiger partial charge in [-0.3, -0.25) is 0 Å². The van der Waals surface area contributed by atoms with Crippen LogP contribution >= 0.6 is 0 Å². The van der Waals surface area contributed by atoms with Crippen LogP contribution in [0.5, 0.6) is 11.5 Å². The first-order valence-corrected chi connectivity index (χ1v) is 6.88. The predicted molar refractivity (Wildman–Crippen MR) is 83.0 cm³/mol. The Morgan fingerprint density at radius 3 is 2.52 bits per heavy atom. The molecule has 0 unspecified atom stereocenters. The maximum absolute atomic E-state index is 10.7. The van der Waals surface area contributed by atoms with E-state index in [0.717, 1.165) is 12.8 Å². The molecule has 0 aliphatic rings. The molecule has 0 saturated heterocycles. The van der Waals surface area contributed by atoms with Crippen LogP contribution in [-0.2, 0) is 0 Å². The van der Waals surface area contributed by atoms with Gasteiger partial charge in [-0.1, -0.05) is 17.2 Å². The number of phenolic OH excluding ortho intramolecular Hbond substituents is 1. The first-order valence-electron chi connectivity index (χ1n) is 6.88. The number of benzene rings is 1. The molecule has 114 valence electrons. The molecule has 0 saturated carbocycles. The van der Waals surface area contributed by atoms with Gasteiger partial charge >= 0.3 is 5.97 Å². The summed E-state index contributed by atoms with van der Waals surface area (Å²) in [6, 6.07) is 4.05. The Hall–Kier alpha value is -2.23. The topological polar surface area (TPSA) is 66.8 Å². The summed E-state index contributed by atoms with van der Waals surface area (Å²) in [6.45, 7) is 6.54. The molecule has 0 heterocycles. The maximum Gasteiger partial charge on any atom is 0.335 e. The molecular weight excluding hydrogens is 268 g/mol. The van der Waals surface area contributed by atoms with Crippen molar-refractivity contribution >= 4 is 5.97 Å². The molecule has 0 aliphatic heterocycles. The van der Waals surface area contributed by atoms with E-state index in [0.29, 0.717) is 6.61 Å². The van der Waals surface area contributed by atoms with E-state index >= 15 is 0 Å². The molecule has 0 atom stereocenters. The zero-order chi connectivity index (χ0) is 15.8. The summed E-state index contributed by atoms with van der Waals surface area (Å²) in [4.78, 5) is 10.7. The second-order valence-corrected chi connectivity index (χ2v) is 5.17. The normalized spacial score (nSPS) is 11.1. The highest BCUT2D eigenvalue weighted by atomic mass is 16.5. The molecule has 21 heavy (non-hydrogen) atoms. The van der Waals surface area contributed by atoms with Crippen molar-refractivity contribution in [1.29, 1.82) is 0 Å². The fraction of sp³-hybridized carbons (Fsp3) is 0.353. The monoisotopic (exact) mass is 290 g/mol. The molecule has 0 bridgehead atoms. The van der Waals surface area contributed by atoms with Crippen LogP contribution in [0, 0.1) is 0 Å². The average Bonchev–Trinajstić information content (AvgIpc) is 2.40. The number of aromatic hydroxyl groups is 1. The quantitative estimate of drug-likeness (QED) is 0.740. The molecule has 4 nitrogen and oxygen atoms in total. The minimum atomic E-state index is -1.08. The Balaban J connectivity index is 2.52. The smallest absolute Gasteiger partial charge is 0.335 e. The van der Waals surface area contributed by atoms with Gasteiger partial charge in [-0.25, -0.2) is 4.79 Å². The van der Waals surface area contributed by atoms with Crippen LogP contribution in [0.2, 0.25) is 0 Å². The van der Waals surface area contributed by atoms with Crippen LogP contribution in [0.25, 0.3) is 0 Å². The van der Waals surface area contributed by atoms with E-state index in [1.165, 1.54) is 29.3 Å². The number of ether oxygens (including phenoxy) is 1. The van der Waals surface area contributed by atoms with Gasteiger partial charge in [-0.15, -0.1) is 0 Å². The number of hydrogen-bond acceptors (Lipinski definition) is 3. The van der Waals surface area contributed by atoms with Gasteiger partial charge in [0.2, 0.25) is 0 Å². The van der Waals surface area contributed by atoms with Crippen LogP contribution in [0.4, 0.5) is 0 Å². The molecule has 0 radical (unpaired) electrons. The number of carboxylic acid groups (broad SMARTS) is 1. The molecule has 0 amide bonds. The molecule has 1 aromatic carbocycles. The molecular formula is C17H22O4. The first kappa shape index (κ1) is 16.8. The zero-order valence-electron chi connectivity index (χ0n) is 12.7. The standard InChI is InChI=1S/C17H22O4/c1-12(2)5-4-6-13(3)9-10-21-16-8-7-14(17(19)20)11-15(16)18/h5,7-9,11,18H,4,6,10H2,1-3H3,(H,19,20)/b13-9+. The zero-order valence-corrected chi connectivity index (χ0v) is 12.7. The number of allylic oxidation sites excluding steroid dienone is 3. The third-order valence-corrected chi connectivity index (χ3v) is 2.97. The summed E-state index contributed by atoms with van der Waals surface area (Å²) in [5.41, 5.74) is 2.56. The van der Waals surface area contributed by atoms with E-state index in [1.54, 1.807) is 0 Å². The average molecular weight is 290 g/mol. The second-order valence-electron chi connectivity index (χ2n) is 5.17. The summed E-state index contributed by atoms with van der Waals surface area (Å²) in [5, 5.41) is 18.5. The number of aromatic carboxylic acids is 1. The summed E-state index contributed by atoms with van der Waals surface area (Å²) < 4.78 is 5.43. The van der Waals surface area contributed by atoms with Gasteiger partial charge in [-0.05, 0) is 57.9 Å². The Labute approximate surface area is 125 Å². The SMILES string of the molecule is CC(C)=CCC/C(C)=C/COc1ccc(C(=O)O)cc1O. The van der Waals surface area contributed by atoms with Gasteiger partial charge in [0.25, 0.3) is 0 Å². The van der Waals surface area contributed by atoms with Crippen molar-refractivity contribution in [3.8, 4) is 11.5 Å². The van der Waals surface area contributed by atoms with E-state index < -0.39 is 5.97 Å². The Morgan fingerprint density at radius 1 is 1.24 bits per heavy atom. The molecule has 1 aromatic rings. The summed E-state index contributed by atoms with van der Waals surface area (Å²) in [6.07, 6.45) is 6.12. The number of carbonyl (C=O) groups is 1. The molecule has 0 fully saturated rings. The molecule has 0 aromatic heterocycles. The molecule has 0 aliphatic carbocycles. The van der Waals surface area contributed by atoms with Crippen molar-refractivity contribution in [2.45, 2.75) is 33.6 Å². The van der Waals surface area contributed by atoms with Crippen LogP contribution in [0.3, 0.4) is 0 Å². The Morgan fingerprint density at radius 2 is 1.95 bits per heavy atom. The van der Waals surface area contributed by atoms with Crippen molar-refractivity contribution < 1.29 is 19.7 Å². The fourth-order valence-corrected chi connectivity index (χ4v) is 1.74. The minimum absolute atomic E-state index is 0.0355. The first-order chi connectivity index (χ1) is 9.90. The highest BCUT2D eigenvalue weighted by Gasteiger charge is 2.07. The van der Waals surface area contributed by atoms with Crippen LogP contribution in [0.15, 0.2) is 41.5 Å². The maximum atomic E-state index is 10.7. The highest BCUT2D eigenvalue weighted by Crippen LogP contribution is 2.26. The minimum Gasteiger partial charge on any atom is -0.504 e. The molecule has 2 N–H and O–H groups in total. The fourth-order valence-electron chi connectivity index (χ4n) is 1.74.